The van der Waals surface area contributed by atoms with Gasteiger partial charge in [-0.1, -0.05) is 30.3 Å². The maximum Gasteiger partial charge on any atom is 0.335 e. The van der Waals surface area contributed by atoms with E-state index in [-0.39, 0.29) is 23.4 Å². The fourth-order valence-electron chi connectivity index (χ4n) is 3.32. The van der Waals surface area contributed by atoms with Gasteiger partial charge in [-0.3, -0.25) is 9.59 Å². The molecule has 1 unspecified atom stereocenters. The summed E-state index contributed by atoms with van der Waals surface area (Å²) in [5.74, 6) is -1.34. The highest BCUT2D eigenvalue weighted by atomic mass is 16.4. The first-order valence-corrected chi connectivity index (χ1v) is 8.92. The number of aromatic carboxylic acids is 1. The van der Waals surface area contributed by atoms with Crippen molar-refractivity contribution in [3.63, 3.8) is 0 Å². The standard InChI is InChI=1S/C21H22N2O4/c1-14-10-16(12-17(11-14)21(26)27)20(25)22-18(15-6-3-2-4-7-15)13-23-9-5-8-19(23)24/h2-4,6-7,10-12,18H,5,8-9,13H2,1H3,(H,22,25)(H,26,27). The van der Waals surface area contributed by atoms with E-state index < -0.39 is 5.97 Å². The van der Waals surface area contributed by atoms with Gasteiger partial charge < -0.3 is 15.3 Å². The fourth-order valence-corrected chi connectivity index (χ4v) is 3.32. The molecular weight excluding hydrogens is 344 g/mol. The van der Waals surface area contributed by atoms with Crippen molar-refractivity contribution < 1.29 is 19.5 Å². The third kappa shape index (κ3) is 4.53. The average Bonchev–Trinajstić information content (AvgIpc) is 3.06. The molecule has 0 bridgehead atoms. The summed E-state index contributed by atoms with van der Waals surface area (Å²) in [7, 11) is 0. The molecular formula is C21H22N2O4. The minimum Gasteiger partial charge on any atom is -0.478 e. The van der Waals surface area contributed by atoms with Crippen LogP contribution in [0.4, 0.5) is 0 Å². The first kappa shape index (κ1) is 18.6. The second-order valence-electron chi connectivity index (χ2n) is 6.77. The van der Waals surface area contributed by atoms with Crippen molar-refractivity contribution in [1.82, 2.24) is 10.2 Å². The van der Waals surface area contributed by atoms with E-state index in [1.54, 1.807) is 17.9 Å². The molecule has 1 heterocycles. The number of benzene rings is 2. The molecule has 0 aromatic heterocycles. The highest BCUT2D eigenvalue weighted by molar-refractivity contribution is 5.98. The Kier molecular flexibility index (Phi) is 5.54. The molecule has 6 heteroatoms. The van der Waals surface area contributed by atoms with Gasteiger partial charge >= 0.3 is 5.97 Å². The molecule has 2 N–H and O–H groups in total. The lowest BCUT2D eigenvalue weighted by molar-refractivity contribution is -0.128. The highest BCUT2D eigenvalue weighted by Gasteiger charge is 2.25. The number of nitrogens with zero attached hydrogens (tertiary/aromatic N) is 1. The molecule has 27 heavy (non-hydrogen) atoms. The number of carbonyl (C=O) groups excluding carboxylic acids is 2. The summed E-state index contributed by atoms with van der Waals surface area (Å²) < 4.78 is 0. The average molecular weight is 366 g/mol. The first-order chi connectivity index (χ1) is 12.9. The summed E-state index contributed by atoms with van der Waals surface area (Å²) in [6, 6.07) is 13.7. The third-order valence-electron chi connectivity index (χ3n) is 4.67. The molecule has 2 aromatic carbocycles. The molecule has 1 aliphatic heterocycles. The molecule has 0 spiro atoms. The molecule has 2 aromatic rings. The van der Waals surface area contributed by atoms with Crippen LogP contribution < -0.4 is 5.32 Å². The zero-order valence-corrected chi connectivity index (χ0v) is 15.1. The van der Waals surface area contributed by atoms with Crippen molar-refractivity contribution >= 4 is 17.8 Å². The van der Waals surface area contributed by atoms with E-state index in [4.69, 9.17) is 0 Å². The van der Waals surface area contributed by atoms with Crippen molar-refractivity contribution in [2.24, 2.45) is 0 Å². The Morgan fingerprint density at radius 1 is 1.15 bits per heavy atom. The van der Waals surface area contributed by atoms with Gasteiger partial charge in [-0.15, -0.1) is 0 Å². The number of carbonyl (C=O) groups is 3. The molecule has 140 valence electrons. The van der Waals surface area contributed by atoms with E-state index in [1.165, 1.54) is 12.1 Å². The van der Waals surface area contributed by atoms with Gasteiger partial charge in [-0.2, -0.15) is 0 Å². The number of aryl methyl sites for hydroxylation is 1. The summed E-state index contributed by atoms with van der Waals surface area (Å²) in [6.07, 6.45) is 1.36. The molecule has 0 saturated carbocycles. The normalized spacial score (nSPS) is 14.9. The first-order valence-electron chi connectivity index (χ1n) is 8.92. The summed E-state index contributed by atoms with van der Waals surface area (Å²) in [5, 5.41) is 12.2. The zero-order chi connectivity index (χ0) is 19.4. The SMILES string of the molecule is Cc1cc(C(=O)O)cc(C(=O)NC(CN2CCCC2=O)c2ccccc2)c1. The van der Waals surface area contributed by atoms with Gasteiger partial charge in [0.2, 0.25) is 5.91 Å². The fraction of sp³-hybridized carbons (Fsp3) is 0.286. The van der Waals surface area contributed by atoms with Gasteiger partial charge in [0.05, 0.1) is 11.6 Å². The van der Waals surface area contributed by atoms with Crippen LogP contribution in [0.2, 0.25) is 0 Å². The van der Waals surface area contributed by atoms with Gasteiger partial charge in [-0.05, 0) is 42.7 Å². The molecule has 0 aliphatic carbocycles. The van der Waals surface area contributed by atoms with E-state index in [1.807, 2.05) is 30.3 Å². The molecule has 3 rings (SSSR count). The molecule has 1 aliphatic rings. The Hall–Kier alpha value is -3.15. The van der Waals surface area contributed by atoms with E-state index in [9.17, 15) is 19.5 Å². The van der Waals surface area contributed by atoms with E-state index >= 15 is 0 Å². The maximum atomic E-state index is 12.8. The highest BCUT2D eigenvalue weighted by Crippen LogP contribution is 2.20. The lowest BCUT2D eigenvalue weighted by atomic mass is 10.0. The summed E-state index contributed by atoms with van der Waals surface area (Å²) >= 11 is 0. The van der Waals surface area contributed by atoms with Crippen molar-refractivity contribution in [3.8, 4) is 0 Å². The van der Waals surface area contributed by atoms with Crippen molar-refractivity contribution in [1.29, 1.82) is 0 Å². The molecule has 1 atom stereocenters. The van der Waals surface area contributed by atoms with Crippen LogP contribution >= 0.6 is 0 Å². The number of carboxylic acid groups (broad SMARTS) is 1. The molecule has 1 saturated heterocycles. The van der Waals surface area contributed by atoms with Crippen LogP contribution in [0.5, 0.6) is 0 Å². The van der Waals surface area contributed by atoms with Gasteiger partial charge in [0.1, 0.15) is 0 Å². The van der Waals surface area contributed by atoms with Crippen LogP contribution in [0, 0.1) is 6.92 Å². The minimum atomic E-state index is -1.07. The van der Waals surface area contributed by atoms with Crippen LogP contribution in [0.25, 0.3) is 0 Å². The molecule has 6 nitrogen and oxygen atoms in total. The quantitative estimate of drug-likeness (QED) is 0.823. The minimum absolute atomic E-state index is 0.0751. The Labute approximate surface area is 157 Å². The van der Waals surface area contributed by atoms with Gasteiger partial charge in [0, 0.05) is 25.1 Å². The summed E-state index contributed by atoms with van der Waals surface area (Å²) in [4.78, 5) is 37.8. The van der Waals surface area contributed by atoms with Crippen molar-refractivity contribution in [2.75, 3.05) is 13.1 Å². The van der Waals surface area contributed by atoms with Crippen LogP contribution in [-0.4, -0.2) is 40.9 Å². The van der Waals surface area contributed by atoms with Crippen LogP contribution in [0.15, 0.2) is 48.5 Å². The monoisotopic (exact) mass is 366 g/mol. The predicted octanol–water partition coefficient (Wildman–Crippen LogP) is 2.79. The van der Waals surface area contributed by atoms with E-state index in [0.29, 0.717) is 30.6 Å². The van der Waals surface area contributed by atoms with E-state index in [2.05, 4.69) is 5.32 Å². The number of nitrogens with one attached hydrogen (secondary N) is 1. The lowest BCUT2D eigenvalue weighted by Crippen LogP contribution is -2.38. The zero-order valence-electron chi connectivity index (χ0n) is 15.1. The smallest absolute Gasteiger partial charge is 0.335 e. The largest absolute Gasteiger partial charge is 0.478 e. The topological polar surface area (TPSA) is 86.7 Å². The summed E-state index contributed by atoms with van der Waals surface area (Å²) in [5.41, 5.74) is 1.97. The molecule has 2 amide bonds. The second kappa shape index (κ2) is 8.03. The van der Waals surface area contributed by atoms with Crippen molar-refractivity contribution in [3.05, 3.63) is 70.8 Å². The van der Waals surface area contributed by atoms with Crippen molar-refractivity contribution in [2.45, 2.75) is 25.8 Å². The number of rotatable bonds is 6. The maximum absolute atomic E-state index is 12.8. The Bertz CT molecular complexity index is 864. The third-order valence-corrected chi connectivity index (χ3v) is 4.67. The number of amides is 2. The van der Waals surface area contributed by atoms with Crippen LogP contribution in [0.1, 0.15) is 50.7 Å². The Morgan fingerprint density at radius 2 is 1.85 bits per heavy atom. The van der Waals surface area contributed by atoms with Crippen LogP contribution in [-0.2, 0) is 4.79 Å². The van der Waals surface area contributed by atoms with E-state index in [0.717, 1.165) is 12.0 Å². The number of carboxylic acids is 1. The number of hydrogen-bond acceptors (Lipinski definition) is 3. The van der Waals surface area contributed by atoms with Crippen LogP contribution in [0.3, 0.4) is 0 Å². The molecule has 0 radical (unpaired) electrons. The number of likely N-dealkylation sites (tertiary alicyclic amines) is 1. The Balaban J connectivity index is 1.84. The van der Waals surface area contributed by atoms with Gasteiger partial charge in [-0.25, -0.2) is 4.79 Å². The number of hydrogen-bond donors (Lipinski definition) is 2. The lowest BCUT2D eigenvalue weighted by Gasteiger charge is -2.25. The Morgan fingerprint density at radius 3 is 2.48 bits per heavy atom. The summed E-state index contributed by atoms with van der Waals surface area (Å²) in [6.45, 7) is 2.83. The predicted molar refractivity (Wildman–Crippen MR) is 101 cm³/mol. The second-order valence-corrected chi connectivity index (χ2v) is 6.77. The molecule has 1 fully saturated rings. The van der Waals surface area contributed by atoms with Gasteiger partial charge in [0.15, 0.2) is 0 Å². The van der Waals surface area contributed by atoms with Gasteiger partial charge in [0.25, 0.3) is 5.91 Å².